The molecule has 0 amide bonds. The highest BCUT2D eigenvalue weighted by Crippen LogP contribution is 2.24. The summed E-state index contributed by atoms with van der Waals surface area (Å²) in [4.78, 5) is 0. The van der Waals surface area contributed by atoms with Gasteiger partial charge in [-0.05, 0) is 51.1 Å². The van der Waals surface area contributed by atoms with Gasteiger partial charge in [-0.15, -0.1) is 0 Å². The molecule has 0 aliphatic heterocycles. The molecule has 0 N–H and O–H groups in total. The maximum Gasteiger partial charge on any atom is 0.173 e. The van der Waals surface area contributed by atoms with E-state index in [-0.39, 0.29) is 0 Å². The normalized spacial score (nSPS) is 11.3. The van der Waals surface area contributed by atoms with Crippen LogP contribution >= 0.6 is 0 Å². The molecular weight excluding hydrogens is 348 g/mol. The van der Waals surface area contributed by atoms with Crippen molar-refractivity contribution < 1.29 is 18.3 Å². The van der Waals surface area contributed by atoms with Gasteiger partial charge in [0.25, 0.3) is 0 Å². The summed E-state index contributed by atoms with van der Waals surface area (Å²) in [7, 11) is 2.31. The summed E-state index contributed by atoms with van der Waals surface area (Å²) in [6, 6.07) is 2.54. The highest BCUT2D eigenvalue weighted by molar-refractivity contribution is 6.84. The number of hydrogen-bond acceptors (Lipinski definition) is 4. The summed E-state index contributed by atoms with van der Waals surface area (Å²) >= 11 is 0. The molecule has 0 saturated heterocycles. The van der Waals surface area contributed by atoms with E-state index in [4.69, 9.17) is 18.3 Å². The minimum atomic E-state index is -1.44. The SMILES string of the molecule is CC.CCCC[Si](C)(C)O[Si](C)(C)CCCOC.COCCCOC. The Bertz CT molecular complexity index is 246. The molecule has 0 bridgehead atoms. The number of methoxy groups -OCH3 is 3. The van der Waals surface area contributed by atoms with Crippen LogP contribution in [0.2, 0.25) is 38.3 Å². The lowest BCUT2D eigenvalue weighted by atomic mass is 10.4. The van der Waals surface area contributed by atoms with Crippen LogP contribution in [0.4, 0.5) is 0 Å². The van der Waals surface area contributed by atoms with Gasteiger partial charge in [-0.3, -0.25) is 0 Å². The summed E-state index contributed by atoms with van der Waals surface area (Å²) in [5.74, 6) is 0. The van der Waals surface area contributed by atoms with Crippen LogP contribution in [0.5, 0.6) is 0 Å². The molecule has 0 aromatic carbocycles. The zero-order valence-electron chi connectivity index (χ0n) is 19.0. The van der Waals surface area contributed by atoms with Gasteiger partial charge >= 0.3 is 0 Å². The summed E-state index contributed by atoms with van der Waals surface area (Å²) in [5, 5.41) is 0. The van der Waals surface area contributed by atoms with Crippen molar-refractivity contribution in [1.29, 1.82) is 0 Å². The van der Waals surface area contributed by atoms with Gasteiger partial charge in [0.15, 0.2) is 16.6 Å². The number of unbranched alkanes of at least 4 members (excludes halogenated alkanes) is 1. The van der Waals surface area contributed by atoms with E-state index in [9.17, 15) is 0 Å². The summed E-state index contributed by atoms with van der Waals surface area (Å²) in [6.07, 6.45) is 4.74. The quantitative estimate of drug-likeness (QED) is 0.285. The van der Waals surface area contributed by atoms with Crippen LogP contribution < -0.4 is 0 Å². The molecule has 0 saturated carbocycles. The largest absolute Gasteiger partial charge is 0.455 e. The first-order valence-corrected chi connectivity index (χ1v) is 16.1. The molecule has 25 heavy (non-hydrogen) atoms. The molecule has 0 spiro atoms. The van der Waals surface area contributed by atoms with Crippen molar-refractivity contribution in [2.45, 2.75) is 84.7 Å². The van der Waals surface area contributed by atoms with Crippen molar-refractivity contribution in [3.63, 3.8) is 0 Å². The van der Waals surface area contributed by atoms with Crippen molar-refractivity contribution in [3.05, 3.63) is 0 Å². The molecule has 156 valence electrons. The molecule has 0 rings (SSSR count). The van der Waals surface area contributed by atoms with Gasteiger partial charge in [-0.1, -0.05) is 33.6 Å². The Morgan fingerprint density at radius 3 is 1.32 bits per heavy atom. The molecule has 0 heterocycles. The van der Waals surface area contributed by atoms with E-state index in [0.717, 1.165) is 32.7 Å². The van der Waals surface area contributed by atoms with Gasteiger partial charge in [-0.2, -0.15) is 0 Å². The monoisotopic (exact) mass is 396 g/mol. The zero-order chi connectivity index (χ0) is 20.2. The van der Waals surface area contributed by atoms with Crippen molar-refractivity contribution >= 4 is 16.6 Å². The highest BCUT2D eigenvalue weighted by atomic mass is 28.4. The summed E-state index contributed by atoms with van der Waals surface area (Å²) in [5.41, 5.74) is 0. The minimum absolute atomic E-state index is 0.799. The Morgan fingerprint density at radius 2 is 0.960 bits per heavy atom. The second-order valence-corrected chi connectivity index (χ2v) is 16.0. The second-order valence-electron chi connectivity index (χ2n) is 7.16. The lowest BCUT2D eigenvalue weighted by Crippen LogP contribution is -2.44. The van der Waals surface area contributed by atoms with E-state index in [1.165, 1.54) is 24.9 Å². The predicted octanol–water partition coefficient (Wildman–Crippen LogP) is 5.95. The van der Waals surface area contributed by atoms with Crippen LogP contribution in [0.25, 0.3) is 0 Å². The van der Waals surface area contributed by atoms with Gasteiger partial charge < -0.3 is 18.3 Å². The van der Waals surface area contributed by atoms with Crippen LogP contribution in [-0.4, -0.2) is 57.8 Å². The lowest BCUT2D eigenvalue weighted by Gasteiger charge is -2.34. The number of hydrogen-bond donors (Lipinski definition) is 0. The topological polar surface area (TPSA) is 36.9 Å². The molecule has 0 unspecified atom stereocenters. The van der Waals surface area contributed by atoms with Crippen LogP contribution in [0.1, 0.15) is 46.5 Å². The predicted molar refractivity (Wildman–Crippen MR) is 117 cm³/mol. The van der Waals surface area contributed by atoms with E-state index < -0.39 is 16.6 Å². The van der Waals surface area contributed by atoms with Gasteiger partial charge in [-0.25, -0.2) is 0 Å². The van der Waals surface area contributed by atoms with E-state index in [1.54, 1.807) is 21.3 Å². The van der Waals surface area contributed by atoms with Gasteiger partial charge in [0.1, 0.15) is 0 Å². The molecule has 0 aliphatic rings. The van der Waals surface area contributed by atoms with Crippen molar-refractivity contribution in [2.75, 3.05) is 41.2 Å². The third kappa shape index (κ3) is 26.6. The van der Waals surface area contributed by atoms with E-state index in [1.807, 2.05) is 13.8 Å². The smallest absolute Gasteiger partial charge is 0.173 e. The molecule has 4 nitrogen and oxygen atoms in total. The van der Waals surface area contributed by atoms with Crippen molar-refractivity contribution in [2.24, 2.45) is 0 Å². The van der Waals surface area contributed by atoms with Gasteiger partial charge in [0, 0.05) is 41.2 Å². The molecule has 0 atom stereocenters. The Labute approximate surface area is 161 Å². The molecule has 6 heteroatoms. The average Bonchev–Trinajstić information content (AvgIpc) is 2.55. The van der Waals surface area contributed by atoms with Crippen LogP contribution in [-0.2, 0) is 18.3 Å². The Morgan fingerprint density at radius 1 is 0.600 bits per heavy atom. The first-order chi connectivity index (χ1) is 11.7. The van der Waals surface area contributed by atoms with E-state index in [0.29, 0.717) is 0 Å². The molecule has 0 aliphatic carbocycles. The van der Waals surface area contributed by atoms with E-state index >= 15 is 0 Å². The van der Waals surface area contributed by atoms with E-state index in [2.05, 4.69) is 33.1 Å². The minimum Gasteiger partial charge on any atom is -0.455 e. The fraction of sp³-hybridized carbons (Fsp3) is 1.00. The fourth-order valence-corrected chi connectivity index (χ4v) is 11.4. The first-order valence-electron chi connectivity index (χ1n) is 9.91. The molecular formula is C19H48O4Si2. The Balaban J connectivity index is -0.000000450. The molecule has 0 radical (unpaired) electrons. The van der Waals surface area contributed by atoms with Crippen LogP contribution in [0.15, 0.2) is 0 Å². The van der Waals surface area contributed by atoms with Gasteiger partial charge in [0.2, 0.25) is 0 Å². The highest BCUT2D eigenvalue weighted by Gasteiger charge is 2.31. The Kier molecular flexibility index (Phi) is 24.7. The van der Waals surface area contributed by atoms with Gasteiger partial charge in [0.05, 0.1) is 0 Å². The standard InChI is InChI=1S/C12H30O2Si2.C5H12O2.C2H6/c1-7-8-11-15(3,4)14-16(5,6)12-9-10-13-2;1-6-4-3-5-7-2;1-2/h7-12H2,1-6H3;3-5H2,1-2H3;1-2H3. The molecule has 0 aromatic heterocycles. The molecule has 0 fully saturated rings. The fourth-order valence-electron chi connectivity index (χ4n) is 2.44. The Hall–Kier alpha value is 0.274. The summed E-state index contributed by atoms with van der Waals surface area (Å²) < 4.78 is 21.1. The first kappa shape index (κ1) is 30.0. The van der Waals surface area contributed by atoms with Crippen LogP contribution in [0.3, 0.4) is 0 Å². The number of ether oxygens (including phenoxy) is 3. The third-order valence-corrected chi connectivity index (χ3v) is 11.0. The maximum absolute atomic E-state index is 6.50. The summed E-state index contributed by atoms with van der Waals surface area (Å²) in [6.45, 7) is 18.2. The van der Waals surface area contributed by atoms with Crippen molar-refractivity contribution in [3.8, 4) is 0 Å². The lowest BCUT2D eigenvalue weighted by molar-refractivity contribution is 0.138. The average molecular weight is 397 g/mol. The van der Waals surface area contributed by atoms with Crippen molar-refractivity contribution in [1.82, 2.24) is 0 Å². The molecule has 0 aromatic rings. The number of rotatable bonds is 13. The van der Waals surface area contributed by atoms with Crippen LogP contribution in [0, 0.1) is 0 Å². The second kappa shape index (κ2) is 20.6. The third-order valence-electron chi connectivity index (χ3n) is 3.51. The zero-order valence-corrected chi connectivity index (χ0v) is 21.0. The maximum atomic E-state index is 6.50.